The average molecular weight is 261 g/mol. The molecule has 0 heterocycles. The third-order valence-corrected chi connectivity index (χ3v) is 5.88. The van der Waals surface area contributed by atoms with Crippen molar-refractivity contribution in [2.24, 2.45) is 5.92 Å². The number of carbonyl (C=O) groups is 1. The minimum Gasteiger partial charge on any atom is -0.469 e. The van der Waals surface area contributed by atoms with Gasteiger partial charge in [0.05, 0.1) is 18.3 Å². The van der Waals surface area contributed by atoms with E-state index < -0.39 is 27.2 Å². The van der Waals surface area contributed by atoms with Gasteiger partial charge in [-0.3, -0.25) is 4.79 Å². The van der Waals surface area contributed by atoms with Crippen LogP contribution < -0.4 is 4.72 Å². The highest BCUT2D eigenvalue weighted by Crippen LogP contribution is 2.38. The molecule has 0 amide bonds. The molecule has 0 radical (unpaired) electrons. The molecule has 6 heteroatoms. The van der Waals surface area contributed by atoms with Crippen LogP contribution in [0.15, 0.2) is 0 Å². The first-order valence-corrected chi connectivity index (χ1v) is 7.53. The Morgan fingerprint density at radius 3 is 2.53 bits per heavy atom. The maximum absolute atomic E-state index is 12.2. The van der Waals surface area contributed by atoms with Crippen molar-refractivity contribution in [1.82, 2.24) is 4.72 Å². The summed E-state index contributed by atoms with van der Waals surface area (Å²) in [4.78, 5) is 11.5. The zero-order valence-electron chi connectivity index (χ0n) is 10.2. The zero-order chi connectivity index (χ0) is 12.7. The molecule has 2 unspecified atom stereocenters. The number of methoxy groups -OCH3 is 1. The molecule has 98 valence electrons. The van der Waals surface area contributed by atoms with E-state index in [1.165, 1.54) is 7.11 Å². The number of hydrogen-bond donors (Lipinski definition) is 1. The standard InChI is InChI=1S/C11H19NO4S/c1-11(6-7-11)12-17(14,15)9-5-3-4-8(9)10(13)16-2/h8-9,12H,3-7H2,1-2H3. The van der Waals surface area contributed by atoms with Crippen LogP contribution in [0.4, 0.5) is 0 Å². The number of sulfonamides is 1. The van der Waals surface area contributed by atoms with Crippen LogP contribution in [0, 0.1) is 5.92 Å². The van der Waals surface area contributed by atoms with Gasteiger partial charge in [-0.2, -0.15) is 0 Å². The van der Waals surface area contributed by atoms with E-state index in [1.807, 2.05) is 6.92 Å². The highest BCUT2D eigenvalue weighted by molar-refractivity contribution is 7.90. The van der Waals surface area contributed by atoms with Crippen LogP contribution in [0.1, 0.15) is 39.0 Å². The van der Waals surface area contributed by atoms with Crippen LogP contribution in [-0.2, 0) is 19.6 Å². The van der Waals surface area contributed by atoms with Crippen molar-refractivity contribution in [1.29, 1.82) is 0 Å². The maximum atomic E-state index is 12.2. The molecule has 5 nitrogen and oxygen atoms in total. The van der Waals surface area contributed by atoms with Gasteiger partial charge in [0.1, 0.15) is 0 Å². The van der Waals surface area contributed by atoms with Crippen LogP contribution in [0.3, 0.4) is 0 Å². The van der Waals surface area contributed by atoms with Crippen LogP contribution in [0.5, 0.6) is 0 Å². The van der Waals surface area contributed by atoms with Crippen LogP contribution in [-0.4, -0.2) is 32.3 Å². The Morgan fingerprint density at radius 1 is 1.35 bits per heavy atom. The molecule has 0 aliphatic heterocycles. The molecule has 2 rings (SSSR count). The average Bonchev–Trinajstić information content (AvgIpc) is 2.82. The number of hydrogen-bond acceptors (Lipinski definition) is 4. The van der Waals surface area contributed by atoms with Gasteiger partial charge in [0.2, 0.25) is 10.0 Å². The van der Waals surface area contributed by atoms with Crippen LogP contribution in [0.2, 0.25) is 0 Å². The Labute approximate surface area is 102 Å². The lowest BCUT2D eigenvalue weighted by atomic mass is 10.1. The van der Waals surface area contributed by atoms with Gasteiger partial charge in [-0.1, -0.05) is 6.42 Å². The Kier molecular flexibility index (Phi) is 3.20. The largest absolute Gasteiger partial charge is 0.469 e. The van der Waals surface area contributed by atoms with Gasteiger partial charge in [0.15, 0.2) is 0 Å². The van der Waals surface area contributed by atoms with Crippen molar-refractivity contribution < 1.29 is 17.9 Å². The molecule has 0 aromatic heterocycles. The Morgan fingerprint density at radius 2 is 2.00 bits per heavy atom. The number of rotatable bonds is 4. The summed E-state index contributed by atoms with van der Waals surface area (Å²) in [6.07, 6.45) is 3.67. The van der Waals surface area contributed by atoms with Gasteiger partial charge < -0.3 is 4.74 Å². The third kappa shape index (κ3) is 2.63. The monoisotopic (exact) mass is 261 g/mol. The van der Waals surface area contributed by atoms with Gasteiger partial charge >= 0.3 is 5.97 Å². The fourth-order valence-electron chi connectivity index (χ4n) is 2.43. The lowest BCUT2D eigenvalue weighted by molar-refractivity contribution is -0.145. The smallest absolute Gasteiger partial charge is 0.310 e. The van der Waals surface area contributed by atoms with Crippen molar-refractivity contribution >= 4 is 16.0 Å². The molecule has 1 N–H and O–H groups in total. The highest BCUT2D eigenvalue weighted by Gasteiger charge is 2.47. The molecule has 0 saturated heterocycles. The van der Waals surface area contributed by atoms with E-state index >= 15 is 0 Å². The van der Waals surface area contributed by atoms with E-state index in [4.69, 9.17) is 0 Å². The van der Waals surface area contributed by atoms with E-state index in [0.29, 0.717) is 12.8 Å². The molecule has 17 heavy (non-hydrogen) atoms. The predicted octanol–water partition coefficient (Wildman–Crippen LogP) is 0.800. The second-order valence-electron chi connectivity index (χ2n) is 5.31. The third-order valence-electron chi connectivity index (χ3n) is 3.74. The Hall–Kier alpha value is -0.620. The van der Waals surface area contributed by atoms with Crippen molar-refractivity contribution in [3.8, 4) is 0 Å². The minimum absolute atomic E-state index is 0.276. The Bertz CT molecular complexity index is 413. The fourth-order valence-corrected chi connectivity index (χ4v) is 4.63. The lowest BCUT2D eigenvalue weighted by Crippen LogP contribution is -2.44. The summed E-state index contributed by atoms with van der Waals surface area (Å²) < 4.78 is 31.8. The van der Waals surface area contributed by atoms with E-state index in [0.717, 1.165) is 19.3 Å². The first kappa shape index (κ1) is 12.8. The SMILES string of the molecule is COC(=O)C1CCCC1S(=O)(=O)NC1(C)CC1. The number of ether oxygens (including phenoxy) is 1. The van der Waals surface area contributed by atoms with Crippen molar-refractivity contribution in [3.05, 3.63) is 0 Å². The van der Waals surface area contributed by atoms with E-state index in [2.05, 4.69) is 9.46 Å². The molecule has 0 bridgehead atoms. The minimum atomic E-state index is -3.41. The van der Waals surface area contributed by atoms with Gasteiger partial charge in [-0.15, -0.1) is 0 Å². The molecule has 2 aliphatic rings. The summed E-state index contributed by atoms with van der Waals surface area (Å²) in [6.45, 7) is 1.90. The lowest BCUT2D eigenvalue weighted by Gasteiger charge is -2.21. The zero-order valence-corrected chi connectivity index (χ0v) is 11.0. The quantitative estimate of drug-likeness (QED) is 0.760. The van der Waals surface area contributed by atoms with Gasteiger partial charge in [-0.05, 0) is 32.6 Å². The second kappa shape index (κ2) is 4.24. The number of carbonyl (C=O) groups excluding carboxylic acids is 1. The first-order valence-electron chi connectivity index (χ1n) is 5.99. The fraction of sp³-hybridized carbons (Fsp3) is 0.909. The Balaban J connectivity index is 2.12. The highest BCUT2D eigenvalue weighted by atomic mass is 32.2. The number of esters is 1. The molecule has 2 fully saturated rings. The van der Waals surface area contributed by atoms with E-state index in [9.17, 15) is 13.2 Å². The summed E-state index contributed by atoms with van der Waals surface area (Å²) in [5.74, 6) is -0.904. The summed E-state index contributed by atoms with van der Waals surface area (Å²) in [6, 6.07) is 0. The maximum Gasteiger partial charge on any atom is 0.310 e. The molecular formula is C11H19NO4S. The molecule has 0 aromatic carbocycles. The topological polar surface area (TPSA) is 72.5 Å². The number of nitrogens with one attached hydrogen (secondary N) is 1. The predicted molar refractivity (Wildman–Crippen MR) is 62.8 cm³/mol. The molecule has 2 saturated carbocycles. The van der Waals surface area contributed by atoms with E-state index in [-0.39, 0.29) is 5.54 Å². The van der Waals surface area contributed by atoms with Crippen LogP contribution >= 0.6 is 0 Å². The molecular weight excluding hydrogens is 242 g/mol. The van der Waals surface area contributed by atoms with Crippen molar-refractivity contribution in [3.63, 3.8) is 0 Å². The van der Waals surface area contributed by atoms with Gasteiger partial charge in [0.25, 0.3) is 0 Å². The molecule has 2 aliphatic carbocycles. The normalized spacial score (nSPS) is 31.2. The summed E-state index contributed by atoms with van der Waals surface area (Å²) >= 11 is 0. The van der Waals surface area contributed by atoms with Gasteiger partial charge in [0, 0.05) is 5.54 Å². The second-order valence-corrected chi connectivity index (χ2v) is 7.21. The van der Waals surface area contributed by atoms with Crippen molar-refractivity contribution in [2.45, 2.75) is 49.8 Å². The van der Waals surface area contributed by atoms with Crippen molar-refractivity contribution in [2.75, 3.05) is 7.11 Å². The summed E-state index contributed by atoms with van der Waals surface area (Å²) in [5, 5.41) is -0.618. The summed E-state index contributed by atoms with van der Waals surface area (Å²) in [5.41, 5.74) is -0.276. The first-order chi connectivity index (χ1) is 7.88. The van der Waals surface area contributed by atoms with Crippen LogP contribution in [0.25, 0.3) is 0 Å². The molecule has 0 spiro atoms. The van der Waals surface area contributed by atoms with E-state index in [1.54, 1.807) is 0 Å². The molecule has 0 aromatic rings. The molecule has 2 atom stereocenters. The van der Waals surface area contributed by atoms with Gasteiger partial charge in [-0.25, -0.2) is 13.1 Å². The summed E-state index contributed by atoms with van der Waals surface area (Å²) in [7, 11) is -2.10.